The van der Waals surface area contributed by atoms with Gasteiger partial charge >= 0.3 is 0 Å². The lowest BCUT2D eigenvalue weighted by Gasteiger charge is -2.27. The van der Waals surface area contributed by atoms with Gasteiger partial charge < -0.3 is 14.8 Å². The molecule has 0 amide bonds. The number of aliphatic hydroxyl groups excluding tert-OH is 2. The molecule has 1 unspecified atom stereocenters. The fourth-order valence-corrected chi connectivity index (χ4v) is 4.08. The lowest BCUT2D eigenvalue weighted by molar-refractivity contribution is 0.102. The first-order valence-corrected chi connectivity index (χ1v) is 11.5. The highest BCUT2D eigenvalue weighted by atomic mass is 32.2. The summed E-state index contributed by atoms with van der Waals surface area (Å²) in [6.45, 7) is 10.9. The minimum absolute atomic E-state index is 0.340. The number of hydrogen-bond donors (Lipinski definition) is 3. The average Bonchev–Trinajstić information content (AvgIpc) is 2.67. The van der Waals surface area contributed by atoms with Crippen LogP contribution >= 0.6 is 0 Å². The third-order valence-corrected chi connectivity index (χ3v) is 5.95. The maximum atomic E-state index is 11.6. The summed E-state index contributed by atoms with van der Waals surface area (Å²) in [6.07, 6.45) is -0.745. The molecule has 0 aliphatic carbocycles. The molecule has 2 rings (SSSR count). The van der Waals surface area contributed by atoms with Crippen LogP contribution in [0.5, 0.6) is 0 Å². The van der Waals surface area contributed by atoms with Gasteiger partial charge in [0.2, 0.25) is 0 Å². The topological polar surface area (TPSA) is 87.5 Å². The molecule has 1 heterocycles. The monoisotopic (exact) mass is 413 g/mol. The molecule has 1 aromatic rings. The van der Waals surface area contributed by atoms with Gasteiger partial charge in [-0.3, -0.25) is 14.7 Å². The van der Waals surface area contributed by atoms with E-state index in [2.05, 4.69) is 20.6 Å². The van der Waals surface area contributed by atoms with E-state index in [1.54, 1.807) is 26.0 Å². The molecule has 28 heavy (non-hydrogen) atoms. The first-order chi connectivity index (χ1) is 13.1. The third-order valence-electron chi connectivity index (χ3n) is 4.94. The predicted octanol–water partition coefficient (Wildman–Crippen LogP) is 0.416. The molecular formula is C20H35N3O4S. The zero-order chi connectivity index (χ0) is 20.7. The van der Waals surface area contributed by atoms with Gasteiger partial charge in [0.25, 0.3) is 0 Å². The van der Waals surface area contributed by atoms with Crippen molar-refractivity contribution in [1.29, 1.82) is 0 Å². The van der Waals surface area contributed by atoms with Gasteiger partial charge in [0, 0.05) is 58.9 Å². The van der Waals surface area contributed by atoms with Crippen molar-refractivity contribution in [1.82, 2.24) is 14.7 Å². The molecule has 160 valence electrons. The van der Waals surface area contributed by atoms with Crippen LogP contribution in [0.4, 0.5) is 0 Å². The minimum atomic E-state index is -3.18. The zero-order valence-corrected chi connectivity index (χ0v) is 17.9. The smallest absolute Gasteiger partial charge is 0.104 e. The van der Waals surface area contributed by atoms with Gasteiger partial charge in [-0.1, -0.05) is 12.1 Å². The van der Waals surface area contributed by atoms with Crippen LogP contribution < -0.4 is 0 Å². The number of nitrogens with zero attached hydrogens (tertiary/aromatic N) is 3. The highest BCUT2D eigenvalue weighted by molar-refractivity contribution is 7.95. The Morgan fingerprint density at radius 3 is 1.64 bits per heavy atom. The van der Waals surface area contributed by atoms with E-state index in [0.29, 0.717) is 18.0 Å². The van der Waals surface area contributed by atoms with Gasteiger partial charge in [-0.15, -0.1) is 0 Å². The number of hydrogen-bond acceptors (Lipinski definition) is 6. The summed E-state index contributed by atoms with van der Waals surface area (Å²) in [5, 5.41) is 19.6. The quantitative estimate of drug-likeness (QED) is 0.558. The summed E-state index contributed by atoms with van der Waals surface area (Å²) < 4.78 is 21.2. The van der Waals surface area contributed by atoms with Crippen LogP contribution in [0.25, 0.3) is 0 Å². The Morgan fingerprint density at radius 2 is 1.29 bits per heavy atom. The van der Waals surface area contributed by atoms with Crippen molar-refractivity contribution >= 4 is 15.7 Å². The van der Waals surface area contributed by atoms with Gasteiger partial charge in [-0.2, -0.15) is 0 Å². The average molecular weight is 414 g/mol. The number of aliphatic hydroxyl groups is 2. The largest absolute Gasteiger partial charge is 0.392 e. The van der Waals surface area contributed by atoms with Gasteiger partial charge in [0.1, 0.15) is 9.80 Å². The van der Waals surface area contributed by atoms with Gasteiger partial charge in [0.05, 0.1) is 17.1 Å². The van der Waals surface area contributed by atoms with Crippen LogP contribution in [0.3, 0.4) is 0 Å². The van der Waals surface area contributed by atoms with Crippen LogP contribution in [0.15, 0.2) is 29.2 Å². The van der Waals surface area contributed by atoms with Crippen LogP contribution in [0.2, 0.25) is 0 Å². The van der Waals surface area contributed by atoms with Crippen LogP contribution in [-0.2, 0) is 16.3 Å². The minimum Gasteiger partial charge on any atom is -0.392 e. The molecule has 3 atom stereocenters. The number of benzene rings is 1. The second-order valence-corrected chi connectivity index (χ2v) is 9.61. The van der Waals surface area contributed by atoms with Gasteiger partial charge in [0.15, 0.2) is 0 Å². The summed E-state index contributed by atoms with van der Waals surface area (Å²) in [4.78, 5) is 7.23. The van der Waals surface area contributed by atoms with Crippen molar-refractivity contribution in [2.45, 2.75) is 37.5 Å². The SMILES string of the molecule is C=S(=O)(O)c1ccc(CN2CCN(C[C@H](C)O)CCN(C[C@H](C)O)CC2)cc1. The van der Waals surface area contributed by atoms with Crippen LogP contribution in [0, 0.1) is 0 Å². The molecule has 1 aromatic carbocycles. The molecule has 0 radical (unpaired) electrons. The predicted molar refractivity (Wildman–Crippen MR) is 114 cm³/mol. The number of rotatable bonds is 7. The molecule has 1 aliphatic rings. The van der Waals surface area contributed by atoms with E-state index in [1.807, 2.05) is 12.1 Å². The summed E-state index contributed by atoms with van der Waals surface area (Å²) >= 11 is 0. The molecule has 1 saturated heterocycles. The summed E-state index contributed by atoms with van der Waals surface area (Å²) in [6, 6.07) is 7.09. The molecule has 3 N–H and O–H groups in total. The highest BCUT2D eigenvalue weighted by Crippen LogP contribution is 2.13. The van der Waals surface area contributed by atoms with Crippen LogP contribution in [0.1, 0.15) is 19.4 Å². The second-order valence-electron chi connectivity index (χ2n) is 7.86. The van der Waals surface area contributed by atoms with E-state index in [0.717, 1.165) is 51.4 Å². The van der Waals surface area contributed by atoms with E-state index < -0.39 is 9.80 Å². The van der Waals surface area contributed by atoms with E-state index in [4.69, 9.17) is 0 Å². The molecule has 0 saturated carbocycles. The summed E-state index contributed by atoms with van der Waals surface area (Å²) in [5.41, 5.74) is 1.08. The maximum Gasteiger partial charge on any atom is 0.104 e. The fraction of sp³-hybridized carbons (Fsp3) is 0.650. The van der Waals surface area contributed by atoms with Crippen molar-refractivity contribution in [2.24, 2.45) is 0 Å². The maximum absolute atomic E-state index is 11.6. The van der Waals surface area contributed by atoms with Crippen molar-refractivity contribution in [2.75, 3.05) is 52.4 Å². The Hall–Kier alpha value is -1.00. The zero-order valence-electron chi connectivity index (χ0n) is 17.0. The Labute approximate surface area is 169 Å². The van der Waals surface area contributed by atoms with E-state index in [1.165, 1.54) is 0 Å². The lowest BCUT2D eigenvalue weighted by Crippen LogP contribution is -2.41. The summed E-state index contributed by atoms with van der Waals surface area (Å²) in [5.74, 6) is 3.30. The molecule has 8 heteroatoms. The fourth-order valence-electron chi connectivity index (χ4n) is 3.52. The lowest BCUT2D eigenvalue weighted by atomic mass is 10.2. The van der Waals surface area contributed by atoms with E-state index in [-0.39, 0.29) is 12.2 Å². The third kappa shape index (κ3) is 8.16. The Kier molecular flexibility index (Phi) is 8.88. The molecule has 7 nitrogen and oxygen atoms in total. The second kappa shape index (κ2) is 10.7. The molecule has 1 fully saturated rings. The van der Waals surface area contributed by atoms with E-state index >= 15 is 0 Å². The Morgan fingerprint density at radius 1 is 0.893 bits per heavy atom. The van der Waals surface area contributed by atoms with Gasteiger partial charge in [-0.05, 0) is 37.4 Å². The standard InChI is InChI=1S/C20H35N3O4S/c1-17(24)14-21-8-9-22(15-18(2)25)11-13-23(12-10-21)16-19-4-6-20(7-5-19)28(3,26)27/h4-7,17-18,24-25H,3,8-16H2,1-2H3,(H,26,27)/t17-,18-/m0/s1. The van der Waals surface area contributed by atoms with E-state index in [9.17, 15) is 19.0 Å². The van der Waals surface area contributed by atoms with Crippen molar-refractivity contribution in [3.63, 3.8) is 0 Å². The molecule has 0 bridgehead atoms. The normalized spacial score (nSPS) is 22.6. The first-order valence-electron chi connectivity index (χ1n) is 9.85. The Balaban J connectivity index is 2.06. The van der Waals surface area contributed by atoms with Crippen molar-refractivity contribution in [3.8, 4) is 0 Å². The molecule has 0 aromatic heterocycles. The molecule has 0 spiro atoms. The summed E-state index contributed by atoms with van der Waals surface area (Å²) in [7, 11) is -3.18. The number of β-amino-alcohol motifs (C(OH)–C–C–N with tert-alkyl or cyclic N) is 2. The Bertz CT molecular complexity index is 670. The molecular weight excluding hydrogens is 378 g/mol. The van der Waals surface area contributed by atoms with Gasteiger partial charge in [-0.25, -0.2) is 4.21 Å². The van der Waals surface area contributed by atoms with Crippen LogP contribution in [-0.4, -0.2) is 104 Å². The highest BCUT2D eigenvalue weighted by Gasteiger charge is 2.18. The molecule has 1 aliphatic heterocycles. The first kappa shape index (κ1) is 23.3. The van der Waals surface area contributed by atoms with Crippen molar-refractivity contribution < 1.29 is 19.0 Å². The van der Waals surface area contributed by atoms with Crippen molar-refractivity contribution in [3.05, 3.63) is 29.8 Å².